The van der Waals surface area contributed by atoms with E-state index in [0.717, 1.165) is 56.2 Å². The number of fused-ring (bicyclic) bond motifs is 2. The SMILES string of the molecule is O=C(Nc1ccc2c(c1)C1(CCS(=O)(=O)CC1)C(C1CC1)N2S(=O)(=O)c1ccc(F)cc1)C1CCCC1. The van der Waals surface area contributed by atoms with Gasteiger partial charge in [0.05, 0.1) is 28.1 Å². The van der Waals surface area contributed by atoms with Gasteiger partial charge in [-0.05, 0) is 92.5 Å². The van der Waals surface area contributed by atoms with Gasteiger partial charge in [0.25, 0.3) is 10.0 Å². The summed E-state index contributed by atoms with van der Waals surface area (Å²) in [5, 5.41) is 3.04. The highest BCUT2D eigenvalue weighted by atomic mass is 32.2. The minimum atomic E-state index is -4.05. The molecular weight excluding hydrogens is 515 g/mol. The minimum absolute atomic E-state index is 0.00123. The summed E-state index contributed by atoms with van der Waals surface area (Å²) in [6.45, 7) is 0. The zero-order valence-corrected chi connectivity index (χ0v) is 22.2. The first-order chi connectivity index (χ1) is 17.6. The van der Waals surface area contributed by atoms with Gasteiger partial charge in [-0.2, -0.15) is 0 Å². The molecule has 6 rings (SSSR count). The monoisotopic (exact) mass is 546 g/mol. The Bertz CT molecular complexity index is 1430. The lowest BCUT2D eigenvalue weighted by Gasteiger charge is -2.41. The highest BCUT2D eigenvalue weighted by Gasteiger charge is 2.60. The number of hydrogen-bond donors (Lipinski definition) is 1. The van der Waals surface area contributed by atoms with Crippen LogP contribution in [0.25, 0.3) is 0 Å². The molecule has 1 saturated heterocycles. The molecule has 4 aliphatic rings. The second-order valence-electron chi connectivity index (χ2n) is 11.0. The number of sulfonamides is 1. The lowest BCUT2D eigenvalue weighted by atomic mass is 9.70. The first kappa shape index (κ1) is 24.9. The molecule has 1 atom stereocenters. The molecule has 1 spiro atoms. The van der Waals surface area contributed by atoms with E-state index in [0.29, 0.717) is 24.2 Å². The zero-order valence-electron chi connectivity index (χ0n) is 20.5. The molecule has 1 amide bonds. The molecule has 1 N–H and O–H groups in total. The molecule has 37 heavy (non-hydrogen) atoms. The summed E-state index contributed by atoms with van der Waals surface area (Å²) in [7, 11) is -7.25. The number of benzene rings is 2. The number of rotatable bonds is 5. The topological polar surface area (TPSA) is 101 Å². The first-order valence-electron chi connectivity index (χ1n) is 13.1. The van der Waals surface area contributed by atoms with Gasteiger partial charge in [-0.15, -0.1) is 0 Å². The quantitative estimate of drug-likeness (QED) is 0.600. The van der Waals surface area contributed by atoms with Crippen molar-refractivity contribution in [2.75, 3.05) is 21.1 Å². The molecule has 0 bridgehead atoms. The summed E-state index contributed by atoms with van der Waals surface area (Å²) in [6.07, 6.45) is 6.22. The number of halogens is 1. The number of amides is 1. The van der Waals surface area contributed by atoms with E-state index >= 15 is 0 Å². The Morgan fingerprint density at radius 3 is 2.24 bits per heavy atom. The predicted octanol–water partition coefficient (Wildman–Crippen LogP) is 4.39. The summed E-state index contributed by atoms with van der Waals surface area (Å²) in [4.78, 5) is 12.9. The van der Waals surface area contributed by atoms with Gasteiger partial charge in [0.2, 0.25) is 5.91 Å². The van der Waals surface area contributed by atoms with E-state index in [1.165, 1.54) is 16.4 Å². The van der Waals surface area contributed by atoms with Crippen molar-refractivity contribution in [2.24, 2.45) is 11.8 Å². The van der Waals surface area contributed by atoms with Gasteiger partial charge in [-0.3, -0.25) is 9.10 Å². The number of carbonyl (C=O) groups is 1. The van der Waals surface area contributed by atoms with Crippen molar-refractivity contribution in [3.63, 3.8) is 0 Å². The highest BCUT2D eigenvalue weighted by Crippen LogP contribution is 2.59. The van der Waals surface area contributed by atoms with Gasteiger partial charge in [0.15, 0.2) is 0 Å². The van der Waals surface area contributed by atoms with Gasteiger partial charge >= 0.3 is 0 Å². The fourth-order valence-corrected chi connectivity index (χ4v) is 10.0. The summed E-state index contributed by atoms with van der Waals surface area (Å²) in [5.41, 5.74) is 1.26. The van der Waals surface area contributed by atoms with E-state index in [1.54, 1.807) is 12.1 Å². The Labute approximate surface area is 217 Å². The third kappa shape index (κ3) is 4.26. The smallest absolute Gasteiger partial charge is 0.264 e. The molecular formula is C27H31FN2O5S2. The second kappa shape index (κ2) is 8.80. The molecule has 10 heteroatoms. The van der Waals surface area contributed by atoms with Crippen LogP contribution >= 0.6 is 0 Å². The number of hydrogen-bond acceptors (Lipinski definition) is 5. The summed E-state index contributed by atoms with van der Waals surface area (Å²) in [5.74, 6) is -0.449. The van der Waals surface area contributed by atoms with Crippen LogP contribution in [0.1, 0.15) is 56.9 Å². The summed E-state index contributed by atoms with van der Waals surface area (Å²) < 4.78 is 68.1. The largest absolute Gasteiger partial charge is 0.326 e. The average Bonchev–Trinajstić information content (AvgIpc) is 3.45. The van der Waals surface area contributed by atoms with Crippen LogP contribution in [0.3, 0.4) is 0 Å². The van der Waals surface area contributed by atoms with E-state index < -0.39 is 37.1 Å². The van der Waals surface area contributed by atoms with Crippen LogP contribution in [0.4, 0.5) is 15.8 Å². The van der Waals surface area contributed by atoms with Crippen molar-refractivity contribution < 1.29 is 26.0 Å². The average molecular weight is 547 g/mol. The van der Waals surface area contributed by atoms with E-state index in [1.807, 2.05) is 6.07 Å². The fraction of sp³-hybridized carbons (Fsp3) is 0.519. The lowest BCUT2D eigenvalue weighted by molar-refractivity contribution is -0.119. The van der Waals surface area contributed by atoms with Gasteiger partial charge in [0.1, 0.15) is 15.7 Å². The van der Waals surface area contributed by atoms with Crippen molar-refractivity contribution in [1.82, 2.24) is 0 Å². The Kier molecular flexibility index (Phi) is 5.91. The predicted molar refractivity (Wildman–Crippen MR) is 139 cm³/mol. The van der Waals surface area contributed by atoms with E-state index in [4.69, 9.17) is 0 Å². The summed E-state index contributed by atoms with van der Waals surface area (Å²) in [6, 6.07) is 9.77. The molecule has 2 aliphatic heterocycles. The number of nitrogens with zero attached hydrogens (tertiary/aromatic N) is 1. The van der Waals surface area contributed by atoms with Crippen LogP contribution in [-0.2, 0) is 30.1 Å². The third-order valence-corrected chi connectivity index (χ3v) is 12.2. The van der Waals surface area contributed by atoms with Crippen molar-refractivity contribution in [1.29, 1.82) is 0 Å². The molecule has 2 saturated carbocycles. The standard InChI is InChI=1S/C27H31FN2O5S2/c28-20-7-10-22(11-8-20)37(34,35)30-24-12-9-21(29-26(31)19-3-1-2-4-19)17-23(24)27(25(30)18-5-6-18)13-15-36(32,33)16-14-27/h7-12,17-19,25H,1-6,13-16H2,(H,29,31). The number of anilines is 2. The molecule has 2 heterocycles. The second-order valence-corrected chi connectivity index (χ2v) is 15.2. The van der Waals surface area contributed by atoms with Crippen LogP contribution < -0.4 is 9.62 Å². The third-order valence-electron chi connectivity index (χ3n) is 8.74. The van der Waals surface area contributed by atoms with E-state index in [2.05, 4.69) is 5.32 Å². The van der Waals surface area contributed by atoms with Crippen molar-refractivity contribution in [3.05, 3.63) is 53.8 Å². The van der Waals surface area contributed by atoms with Crippen LogP contribution in [0.5, 0.6) is 0 Å². The van der Waals surface area contributed by atoms with Crippen molar-refractivity contribution >= 4 is 37.1 Å². The molecule has 3 fully saturated rings. The van der Waals surface area contributed by atoms with Crippen molar-refractivity contribution in [2.45, 2.75) is 67.7 Å². The number of sulfone groups is 1. The maximum Gasteiger partial charge on any atom is 0.264 e. The summed E-state index contributed by atoms with van der Waals surface area (Å²) >= 11 is 0. The first-order valence-corrected chi connectivity index (χ1v) is 16.3. The van der Waals surface area contributed by atoms with Crippen LogP contribution in [-0.4, -0.2) is 40.3 Å². The zero-order chi connectivity index (χ0) is 26.0. The van der Waals surface area contributed by atoms with Crippen molar-refractivity contribution in [3.8, 4) is 0 Å². The van der Waals surface area contributed by atoms with Gasteiger partial charge < -0.3 is 5.32 Å². The number of nitrogens with one attached hydrogen (secondary N) is 1. The van der Waals surface area contributed by atoms with Gasteiger partial charge in [-0.1, -0.05) is 12.8 Å². The molecule has 0 radical (unpaired) electrons. The Balaban J connectivity index is 1.46. The van der Waals surface area contributed by atoms with Gasteiger partial charge in [0, 0.05) is 17.0 Å². The van der Waals surface area contributed by atoms with Crippen LogP contribution in [0.2, 0.25) is 0 Å². The lowest BCUT2D eigenvalue weighted by Crippen LogP contribution is -2.52. The maximum absolute atomic E-state index is 14.1. The minimum Gasteiger partial charge on any atom is -0.326 e. The van der Waals surface area contributed by atoms with E-state index in [9.17, 15) is 26.0 Å². The van der Waals surface area contributed by atoms with Gasteiger partial charge in [-0.25, -0.2) is 21.2 Å². The Hall–Kier alpha value is -2.46. The fourth-order valence-electron chi connectivity index (χ4n) is 6.69. The van der Waals surface area contributed by atoms with Crippen LogP contribution in [0, 0.1) is 17.7 Å². The Morgan fingerprint density at radius 1 is 0.973 bits per heavy atom. The molecule has 2 aliphatic carbocycles. The molecule has 1 unspecified atom stereocenters. The molecule has 0 aromatic heterocycles. The number of carbonyl (C=O) groups excluding carboxylic acids is 1. The normalized spacial score (nSPS) is 24.8. The maximum atomic E-state index is 14.1. The molecule has 2 aromatic carbocycles. The molecule has 7 nitrogen and oxygen atoms in total. The molecule has 2 aromatic rings. The Morgan fingerprint density at radius 2 is 1.62 bits per heavy atom. The molecule has 198 valence electrons. The highest BCUT2D eigenvalue weighted by molar-refractivity contribution is 7.93. The van der Waals surface area contributed by atoms with E-state index in [-0.39, 0.29) is 34.1 Å². The van der Waals surface area contributed by atoms with Crippen LogP contribution in [0.15, 0.2) is 47.4 Å².